The van der Waals surface area contributed by atoms with E-state index in [9.17, 15) is 8.42 Å². The molecule has 0 saturated carbocycles. The first-order valence-electron chi connectivity index (χ1n) is 5.78. The van der Waals surface area contributed by atoms with Gasteiger partial charge in [0.2, 0.25) is 10.0 Å². The minimum Gasteiger partial charge on any atom is -0.207 e. The Morgan fingerprint density at radius 2 is 1.88 bits per heavy atom. The average molecular weight is 241 g/mol. The van der Waals surface area contributed by atoms with Gasteiger partial charge in [0.15, 0.2) is 0 Å². The van der Waals surface area contributed by atoms with E-state index in [0.29, 0.717) is 23.8 Å². The van der Waals surface area contributed by atoms with Gasteiger partial charge in [-0.3, -0.25) is 0 Å². The highest BCUT2D eigenvalue weighted by Gasteiger charge is 2.40. The molecule has 0 amide bonds. The van der Waals surface area contributed by atoms with Gasteiger partial charge < -0.3 is 0 Å². The number of hydrogen-bond donors (Lipinski definition) is 0. The van der Waals surface area contributed by atoms with Gasteiger partial charge in [-0.05, 0) is 25.3 Å². The van der Waals surface area contributed by atoms with Crippen LogP contribution in [-0.2, 0) is 10.0 Å². The molecule has 0 aromatic rings. The molecule has 1 aliphatic heterocycles. The van der Waals surface area contributed by atoms with Crippen LogP contribution in [0.15, 0.2) is 22.1 Å². The number of allylic oxidation sites excluding steroid dienone is 2. The lowest BCUT2D eigenvalue weighted by Gasteiger charge is -2.21. The van der Waals surface area contributed by atoms with Gasteiger partial charge in [0.1, 0.15) is 0 Å². The minimum atomic E-state index is -3.17. The van der Waals surface area contributed by atoms with E-state index in [2.05, 4.69) is 19.9 Å². The first-order valence-corrected chi connectivity index (χ1v) is 7.22. The molecule has 0 bridgehead atoms. The Labute approximate surface area is 97.9 Å². The van der Waals surface area contributed by atoms with E-state index in [1.807, 2.05) is 13.8 Å². The van der Waals surface area contributed by atoms with Crippen molar-refractivity contribution in [3.05, 3.63) is 22.1 Å². The van der Waals surface area contributed by atoms with Gasteiger partial charge in [-0.2, -0.15) is 4.31 Å². The standard InChI is InChI=1S/C12H19NO2S/c1-8(2)10-5-11-7-13(9(3)4)16(14,15)12(11)6-10/h5,8-9H,6-7H2,1-4H3. The molecule has 16 heavy (non-hydrogen) atoms. The van der Waals surface area contributed by atoms with E-state index in [0.717, 1.165) is 5.57 Å². The van der Waals surface area contributed by atoms with Crippen LogP contribution >= 0.6 is 0 Å². The normalized spacial score (nSPS) is 24.5. The average Bonchev–Trinajstić information content (AvgIpc) is 2.65. The summed E-state index contributed by atoms with van der Waals surface area (Å²) in [6.07, 6.45) is 2.71. The lowest BCUT2D eigenvalue weighted by atomic mass is 10.0. The van der Waals surface area contributed by atoms with E-state index in [1.54, 1.807) is 4.31 Å². The number of hydrogen-bond acceptors (Lipinski definition) is 2. The van der Waals surface area contributed by atoms with Crippen molar-refractivity contribution in [3.8, 4) is 0 Å². The molecule has 0 saturated heterocycles. The van der Waals surface area contributed by atoms with Crippen LogP contribution in [-0.4, -0.2) is 25.3 Å². The zero-order chi connectivity index (χ0) is 12.1. The predicted molar refractivity (Wildman–Crippen MR) is 65.3 cm³/mol. The molecule has 4 heteroatoms. The molecular weight excluding hydrogens is 222 g/mol. The fraction of sp³-hybridized carbons (Fsp3) is 0.667. The van der Waals surface area contributed by atoms with Gasteiger partial charge in [-0.1, -0.05) is 25.5 Å². The molecule has 0 aromatic heterocycles. The van der Waals surface area contributed by atoms with Crippen LogP contribution in [0.1, 0.15) is 34.1 Å². The van der Waals surface area contributed by atoms with Gasteiger partial charge in [0.25, 0.3) is 0 Å². The second-order valence-corrected chi connectivity index (χ2v) is 7.06. The summed E-state index contributed by atoms with van der Waals surface area (Å²) in [6.45, 7) is 8.63. The first-order chi connectivity index (χ1) is 7.34. The van der Waals surface area contributed by atoms with Gasteiger partial charge in [-0.15, -0.1) is 0 Å². The first kappa shape index (κ1) is 11.9. The fourth-order valence-corrected chi connectivity index (χ4v) is 4.22. The fourth-order valence-electron chi connectivity index (χ4n) is 2.27. The molecule has 3 nitrogen and oxygen atoms in total. The maximum atomic E-state index is 12.2. The van der Waals surface area contributed by atoms with Gasteiger partial charge in [0, 0.05) is 19.0 Å². The topological polar surface area (TPSA) is 37.4 Å². The van der Waals surface area contributed by atoms with Gasteiger partial charge in [0.05, 0.1) is 4.91 Å². The molecule has 1 aliphatic carbocycles. The van der Waals surface area contributed by atoms with Crippen molar-refractivity contribution in [2.75, 3.05) is 6.54 Å². The summed E-state index contributed by atoms with van der Waals surface area (Å²) in [5, 5.41) is 0. The SMILES string of the molecule is CC(C)C1=CC2=C(C1)S(=O)(=O)N(C(C)C)C2. The van der Waals surface area contributed by atoms with Crippen LogP contribution in [0.2, 0.25) is 0 Å². The Bertz CT molecular complexity index is 469. The predicted octanol–water partition coefficient (Wildman–Crippen LogP) is 2.28. The van der Waals surface area contributed by atoms with E-state index in [-0.39, 0.29) is 6.04 Å². The Morgan fingerprint density at radius 1 is 1.25 bits per heavy atom. The van der Waals surface area contributed by atoms with Crippen LogP contribution in [0.3, 0.4) is 0 Å². The molecule has 2 aliphatic rings. The number of sulfonamides is 1. The lowest BCUT2D eigenvalue weighted by molar-refractivity contribution is 0.391. The summed E-state index contributed by atoms with van der Waals surface area (Å²) >= 11 is 0. The summed E-state index contributed by atoms with van der Waals surface area (Å²) in [7, 11) is -3.17. The smallest absolute Gasteiger partial charge is 0.207 e. The quantitative estimate of drug-likeness (QED) is 0.744. The van der Waals surface area contributed by atoms with Crippen molar-refractivity contribution in [2.45, 2.75) is 40.2 Å². The molecule has 0 radical (unpaired) electrons. The molecule has 90 valence electrons. The molecule has 0 unspecified atom stereocenters. The van der Waals surface area contributed by atoms with Crippen molar-refractivity contribution < 1.29 is 8.42 Å². The maximum Gasteiger partial charge on any atom is 0.240 e. The Hall–Kier alpha value is -0.610. The van der Waals surface area contributed by atoms with Crippen molar-refractivity contribution >= 4 is 10.0 Å². The van der Waals surface area contributed by atoms with E-state index in [1.165, 1.54) is 5.57 Å². The second-order valence-electron chi connectivity index (χ2n) is 5.14. The highest BCUT2D eigenvalue weighted by Crippen LogP contribution is 2.40. The molecular formula is C12H19NO2S. The summed E-state index contributed by atoms with van der Waals surface area (Å²) in [5.41, 5.74) is 2.26. The van der Waals surface area contributed by atoms with Crippen LogP contribution in [0.5, 0.6) is 0 Å². The van der Waals surface area contributed by atoms with Crippen LogP contribution in [0.25, 0.3) is 0 Å². The van der Waals surface area contributed by atoms with E-state index < -0.39 is 10.0 Å². The molecule has 2 rings (SSSR count). The van der Waals surface area contributed by atoms with Gasteiger partial charge >= 0.3 is 0 Å². The molecule has 0 fully saturated rings. The Balaban J connectivity index is 2.32. The second kappa shape index (κ2) is 3.70. The third-order valence-corrected chi connectivity index (χ3v) is 5.54. The Morgan fingerprint density at radius 3 is 2.31 bits per heavy atom. The zero-order valence-corrected chi connectivity index (χ0v) is 11.1. The van der Waals surface area contributed by atoms with Crippen LogP contribution < -0.4 is 0 Å². The molecule has 0 atom stereocenters. The number of nitrogens with zero attached hydrogens (tertiary/aromatic N) is 1. The Kier molecular flexibility index (Phi) is 2.75. The van der Waals surface area contributed by atoms with E-state index in [4.69, 9.17) is 0 Å². The largest absolute Gasteiger partial charge is 0.240 e. The van der Waals surface area contributed by atoms with Gasteiger partial charge in [-0.25, -0.2) is 8.42 Å². The van der Waals surface area contributed by atoms with Crippen molar-refractivity contribution in [2.24, 2.45) is 5.92 Å². The molecule has 1 heterocycles. The molecule has 0 spiro atoms. The maximum absolute atomic E-state index is 12.2. The van der Waals surface area contributed by atoms with Crippen LogP contribution in [0, 0.1) is 5.92 Å². The molecule has 0 N–H and O–H groups in total. The minimum absolute atomic E-state index is 0.0477. The third-order valence-electron chi connectivity index (χ3n) is 3.35. The summed E-state index contributed by atoms with van der Waals surface area (Å²) in [6, 6.07) is 0.0477. The van der Waals surface area contributed by atoms with Crippen LogP contribution in [0.4, 0.5) is 0 Å². The third kappa shape index (κ3) is 1.64. The monoisotopic (exact) mass is 241 g/mol. The number of rotatable bonds is 2. The zero-order valence-electron chi connectivity index (χ0n) is 10.3. The van der Waals surface area contributed by atoms with Crippen molar-refractivity contribution in [1.82, 2.24) is 4.31 Å². The highest BCUT2D eigenvalue weighted by atomic mass is 32.2. The van der Waals surface area contributed by atoms with Crippen molar-refractivity contribution in [1.29, 1.82) is 0 Å². The summed E-state index contributed by atoms with van der Waals surface area (Å²) in [5.74, 6) is 0.438. The highest BCUT2D eigenvalue weighted by molar-refractivity contribution is 7.93. The summed E-state index contributed by atoms with van der Waals surface area (Å²) in [4.78, 5) is 0.643. The summed E-state index contributed by atoms with van der Waals surface area (Å²) < 4.78 is 26.0. The molecule has 0 aromatic carbocycles. The van der Waals surface area contributed by atoms with E-state index >= 15 is 0 Å². The van der Waals surface area contributed by atoms with Crippen molar-refractivity contribution in [3.63, 3.8) is 0 Å². The lowest BCUT2D eigenvalue weighted by Crippen LogP contribution is -2.34.